The summed E-state index contributed by atoms with van der Waals surface area (Å²) in [6.45, 7) is 6.94. The van der Waals surface area contributed by atoms with Gasteiger partial charge in [-0.3, -0.25) is 14.6 Å². The molecule has 206 valence electrons. The maximum absolute atomic E-state index is 13.3. The fraction of sp³-hybridized carbons (Fsp3) is 0.414. The standard InChI is InChI=1S/C29H34N4O6/c1-4-37-28(35)25-22(31(3)29(36)30-26(25)21-9-6-5-8-19(21)2)17-32-12-7-13-33(15-14-32)27(34)20-10-11-23-24(16-20)39-18-38-23/h5-6,8-11,16,26H,4,7,12-15,17-18H2,1-3H3,(H,30,36)/t26-/m0/s1. The average Bonchev–Trinajstić information content (AvgIpc) is 3.28. The molecule has 2 aromatic rings. The zero-order chi connectivity index (χ0) is 27.5. The third kappa shape index (κ3) is 5.42. The number of likely N-dealkylation sites (N-methyl/N-ethyl adjacent to an activating group) is 1. The highest BCUT2D eigenvalue weighted by atomic mass is 16.7. The molecule has 5 rings (SSSR count). The molecule has 10 nitrogen and oxygen atoms in total. The van der Waals surface area contributed by atoms with Crippen molar-refractivity contribution in [3.63, 3.8) is 0 Å². The number of ether oxygens (including phenoxy) is 3. The van der Waals surface area contributed by atoms with E-state index >= 15 is 0 Å². The summed E-state index contributed by atoms with van der Waals surface area (Å²) in [5, 5.41) is 2.99. The topological polar surface area (TPSA) is 101 Å². The molecule has 0 spiro atoms. The van der Waals surface area contributed by atoms with Crippen LogP contribution >= 0.6 is 0 Å². The Balaban J connectivity index is 1.38. The van der Waals surface area contributed by atoms with Gasteiger partial charge in [0.15, 0.2) is 11.5 Å². The molecule has 1 saturated heterocycles. The van der Waals surface area contributed by atoms with Crippen LogP contribution in [0, 0.1) is 6.92 Å². The van der Waals surface area contributed by atoms with Crippen molar-refractivity contribution in [2.24, 2.45) is 0 Å². The van der Waals surface area contributed by atoms with Gasteiger partial charge in [-0.15, -0.1) is 0 Å². The maximum Gasteiger partial charge on any atom is 0.338 e. The first-order valence-corrected chi connectivity index (χ1v) is 13.3. The predicted octanol–water partition coefficient (Wildman–Crippen LogP) is 3.09. The first-order chi connectivity index (χ1) is 18.9. The molecule has 2 aromatic carbocycles. The minimum absolute atomic E-state index is 0.0599. The van der Waals surface area contributed by atoms with E-state index in [2.05, 4.69) is 10.2 Å². The highest BCUT2D eigenvalue weighted by Crippen LogP contribution is 2.34. The Morgan fingerprint density at radius 3 is 2.64 bits per heavy atom. The minimum atomic E-state index is -0.611. The number of carbonyl (C=O) groups is 3. The molecule has 1 atom stereocenters. The minimum Gasteiger partial charge on any atom is -0.463 e. The summed E-state index contributed by atoms with van der Waals surface area (Å²) in [6, 6.07) is 12.1. The average molecular weight is 535 g/mol. The van der Waals surface area contributed by atoms with E-state index in [1.54, 1.807) is 32.2 Å². The molecule has 3 aliphatic heterocycles. The molecule has 10 heteroatoms. The summed E-state index contributed by atoms with van der Waals surface area (Å²) < 4.78 is 16.3. The lowest BCUT2D eigenvalue weighted by molar-refractivity contribution is -0.139. The molecular formula is C29H34N4O6. The summed E-state index contributed by atoms with van der Waals surface area (Å²) in [5.74, 6) is 0.721. The van der Waals surface area contributed by atoms with Crippen molar-refractivity contribution in [3.8, 4) is 11.5 Å². The van der Waals surface area contributed by atoms with Crippen molar-refractivity contribution in [2.45, 2.75) is 26.3 Å². The van der Waals surface area contributed by atoms with E-state index in [0.717, 1.165) is 24.1 Å². The molecule has 1 N–H and O–H groups in total. The number of nitrogens with zero attached hydrogens (tertiary/aromatic N) is 3. The fourth-order valence-corrected chi connectivity index (χ4v) is 5.30. The lowest BCUT2D eigenvalue weighted by atomic mass is 9.91. The van der Waals surface area contributed by atoms with Crippen molar-refractivity contribution in [1.82, 2.24) is 20.0 Å². The Labute approximate surface area is 228 Å². The molecule has 0 aromatic heterocycles. The van der Waals surface area contributed by atoms with E-state index in [0.29, 0.717) is 54.5 Å². The van der Waals surface area contributed by atoms with E-state index in [9.17, 15) is 14.4 Å². The zero-order valence-electron chi connectivity index (χ0n) is 22.6. The number of urea groups is 1. The van der Waals surface area contributed by atoms with Gasteiger partial charge in [0.25, 0.3) is 5.91 Å². The third-order valence-electron chi connectivity index (χ3n) is 7.44. The number of benzene rings is 2. The molecule has 3 aliphatic rings. The summed E-state index contributed by atoms with van der Waals surface area (Å²) in [4.78, 5) is 45.1. The largest absolute Gasteiger partial charge is 0.463 e. The molecule has 0 saturated carbocycles. The number of rotatable bonds is 6. The van der Waals surface area contributed by atoms with Crippen LogP contribution in [-0.4, -0.2) is 85.8 Å². The number of amides is 3. The van der Waals surface area contributed by atoms with Crippen LogP contribution in [0.5, 0.6) is 11.5 Å². The number of aryl methyl sites for hydroxylation is 1. The Kier molecular flexibility index (Phi) is 7.74. The van der Waals surface area contributed by atoms with Crippen molar-refractivity contribution < 1.29 is 28.6 Å². The van der Waals surface area contributed by atoms with Crippen LogP contribution in [0.2, 0.25) is 0 Å². The third-order valence-corrected chi connectivity index (χ3v) is 7.44. The van der Waals surface area contributed by atoms with Gasteiger partial charge >= 0.3 is 12.0 Å². The van der Waals surface area contributed by atoms with Gasteiger partial charge < -0.3 is 24.4 Å². The molecule has 1 fully saturated rings. The molecular weight excluding hydrogens is 500 g/mol. The smallest absolute Gasteiger partial charge is 0.338 e. The van der Waals surface area contributed by atoms with Crippen molar-refractivity contribution in [3.05, 3.63) is 70.4 Å². The van der Waals surface area contributed by atoms with Crippen molar-refractivity contribution >= 4 is 17.9 Å². The van der Waals surface area contributed by atoms with E-state index in [4.69, 9.17) is 14.2 Å². The van der Waals surface area contributed by atoms with Crippen LogP contribution < -0.4 is 14.8 Å². The van der Waals surface area contributed by atoms with Gasteiger partial charge in [-0.1, -0.05) is 24.3 Å². The van der Waals surface area contributed by atoms with Crippen LogP contribution in [0.25, 0.3) is 0 Å². The lowest BCUT2D eigenvalue weighted by Crippen LogP contribution is -2.49. The summed E-state index contributed by atoms with van der Waals surface area (Å²) in [5.41, 5.74) is 3.44. The summed E-state index contributed by atoms with van der Waals surface area (Å²) in [6.07, 6.45) is 0.759. The van der Waals surface area contributed by atoms with Crippen molar-refractivity contribution in [2.75, 3.05) is 53.2 Å². The molecule has 39 heavy (non-hydrogen) atoms. The van der Waals surface area contributed by atoms with Crippen LogP contribution in [0.15, 0.2) is 53.7 Å². The van der Waals surface area contributed by atoms with Gasteiger partial charge in [-0.25, -0.2) is 9.59 Å². The van der Waals surface area contributed by atoms with E-state index in [1.807, 2.05) is 36.1 Å². The number of carbonyl (C=O) groups excluding carboxylic acids is 3. The van der Waals surface area contributed by atoms with Crippen LogP contribution in [0.3, 0.4) is 0 Å². The summed E-state index contributed by atoms with van der Waals surface area (Å²) >= 11 is 0. The molecule has 0 unspecified atom stereocenters. The maximum atomic E-state index is 13.3. The zero-order valence-corrected chi connectivity index (χ0v) is 22.6. The highest BCUT2D eigenvalue weighted by Gasteiger charge is 2.38. The second-order valence-electron chi connectivity index (χ2n) is 9.87. The van der Waals surface area contributed by atoms with Gasteiger partial charge in [0.2, 0.25) is 6.79 Å². The number of fused-ring (bicyclic) bond motifs is 1. The fourth-order valence-electron chi connectivity index (χ4n) is 5.30. The Bertz CT molecular complexity index is 1310. The molecule has 0 radical (unpaired) electrons. The molecule has 0 bridgehead atoms. The monoisotopic (exact) mass is 534 g/mol. The Morgan fingerprint density at radius 2 is 1.85 bits per heavy atom. The predicted molar refractivity (Wildman–Crippen MR) is 143 cm³/mol. The molecule has 3 heterocycles. The summed E-state index contributed by atoms with van der Waals surface area (Å²) in [7, 11) is 1.67. The molecule has 0 aliphatic carbocycles. The van der Waals surface area contributed by atoms with Crippen molar-refractivity contribution in [1.29, 1.82) is 0 Å². The van der Waals surface area contributed by atoms with E-state index in [1.165, 1.54) is 4.90 Å². The quantitative estimate of drug-likeness (QED) is 0.569. The van der Waals surface area contributed by atoms with Gasteiger partial charge in [0.1, 0.15) is 0 Å². The first-order valence-electron chi connectivity index (χ1n) is 13.3. The first kappa shape index (κ1) is 26.6. The van der Waals surface area contributed by atoms with E-state index < -0.39 is 12.0 Å². The number of esters is 1. The number of hydrogen-bond donors (Lipinski definition) is 1. The van der Waals surface area contributed by atoms with Crippen LogP contribution in [-0.2, 0) is 9.53 Å². The van der Waals surface area contributed by atoms with Crippen LogP contribution in [0.4, 0.5) is 4.79 Å². The van der Waals surface area contributed by atoms with Gasteiger partial charge in [-0.2, -0.15) is 0 Å². The highest BCUT2D eigenvalue weighted by molar-refractivity contribution is 5.96. The second kappa shape index (κ2) is 11.4. The lowest BCUT2D eigenvalue weighted by Gasteiger charge is -2.37. The van der Waals surface area contributed by atoms with E-state index in [-0.39, 0.29) is 25.3 Å². The van der Waals surface area contributed by atoms with Crippen LogP contribution in [0.1, 0.15) is 40.9 Å². The van der Waals surface area contributed by atoms with Gasteiger partial charge in [0.05, 0.1) is 18.2 Å². The normalized spacial score (nSPS) is 19.6. The van der Waals surface area contributed by atoms with Gasteiger partial charge in [-0.05, 0) is 49.6 Å². The number of hydrogen-bond acceptors (Lipinski definition) is 7. The Morgan fingerprint density at radius 1 is 1.05 bits per heavy atom. The Hall–Kier alpha value is -4.05. The SMILES string of the molecule is CCOC(=O)C1=C(CN2CCCN(C(=O)c3ccc4c(c3)OCO4)CC2)N(C)C(=O)N[C@H]1c1ccccc1C. The van der Waals surface area contributed by atoms with Gasteiger partial charge in [0, 0.05) is 51.0 Å². The second-order valence-corrected chi connectivity index (χ2v) is 9.87. The molecule has 3 amide bonds. The number of nitrogens with one attached hydrogen (secondary N) is 1.